The summed E-state index contributed by atoms with van der Waals surface area (Å²) in [6, 6.07) is 0. The van der Waals surface area contributed by atoms with E-state index in [0.29, 0.717) is 5.37 Å². The SMILES string of the molecule is CN1CCSC1c1csc(-c2csc(C3=CSC(c4cscn4)N3C)n2)n1. The maximum Gasteiger partial charge on any atom is 0.143 e. The van der Waals surface area contributed by atoms with E-state index < -0.39 is 0 Å². The molecule has 3 aromatic rings. The highest BCUT2D eigenvalue weighted by Gasteiger charge is 2.29. The predicted octanol–water partition coefficient (Wildman–Crippen LogP) is 5.08. The number of hydrogen-bond acceptors (Lipinski definition) is 10. The second-order valence-corrected chi connectivity index (χ2v) is 10.9. The van der Waals surface area contributed by atoms with Gasteiger partial charge in [-0.05, 0) is 12.5 Å². The average Bonchev–Trinajstić information content (AvgIpc) is 3.45. The van der Waals surface area contributed by atoms with Crippen LogP contribution in [0.25, 0.3) is 16.4 Å². The molecule has 0 aromatic carbocycles. The Bertz CT molecular complexity index is 962. The van der Waals surface area contributed by atoms with Crippen LogP contribution in [0.5, 0.6) is 0 Å². The molecule has 1 saturated heterocycles. The topological polar surface area (TPSA) is 45.2 Å². The van der Waals surface area contributed by atoms with Crippen molar-refractivity contribution in [2.24, 2.45) is 0 Å². The Labute approximate surface area is 178 Å². The van der Waals surface area contributed by atoms with E-state index in [0.717, 1.165) is 39.3 Å². The first-order chi connectivity index (χ1) is 13.2. The van der Waals surface area contributed by atoms with Gasteiger partial charge < -0.3 is 4.90 Å². The molecule has 0 radical (unpaired) electrons. The molecular formula is C17H17N5S5. The van der Waals surface area contributed by atoms with E-state index in [4.69, 9.17) is 9.97 Å². The predicted molar refractivity (Wildman–Crippen MR) is 119 cm³/mol. The van der Waals surface area contributed by atoms with E-state index in [2.05, 4.69) is 50.4 Å². The molecule has 3 aromatic heterocycles. The van der Waals surface area contributed by atoms with Crippen LogP contribution in [0.1, 0.15) is 27.1 Å². The summed E-state index contributed by atoms with van der Waals surface area (Å²) in [5.41, 5.74) is 6.30. The minimum absolute atomic E-state index is 0.236. The molecule has 2 unspecified atom stereocenters. The van der Waals surface area contributed by atoms with Crippen molar-refractivity contribution in [1.29, 1.82) is 0 Å². The van der Waals surface area contributed by atoms with E-state index >= 15 is 0 Å². The van der Waals surface area contributed by atoms with Gasteiger partial charge in [0.15, 0.2) is 0 Å². The van der Waals surface area contributed by atoms with E-state index in [1.807, 2.05) is 17.3 Å². The van der Waals surface area contributed by atoms with Crippen molar-refractivity contribution in [2.75, 3.05) is 26.4 Å². The van der Waals surface area contributed by atoms with E-state index in [-0.39, 0.29) is 5.37 Å². The molecule has 0 amide bonds. The standard InChI is InChI=1S/C17H17N5S5/c1-21-3-4-24-16(21)12-7-25-14(20-12)10-6-26-15(19-10)13-8-27-17(22(13)2)11-5-23-9-18-11/h5-9,16-17H,3-4H2,1-2H3. The van der Waals surface area contributed by atoms with Gasteiger partial charge in [0.2, 0.25) is 0 Å². The highest BCUT2D eigenvalue weighted by atomic mass is 32.2. The molecule has 2 atom stereocenters. The molecule has 0 aliphatic carbocycles. The summed E-state index contributed by atoms with van der Waals surface area (Å²) in [5.74, 6) is 1.17. The first-order valence-corrected chi connectivity index (χ1v) is 13.1. The molecule has 140 valence electrons. The molecule has 5 heterocycles. The quantitative estimate of drug-likeness (QED) is 0.548. The Hall–Kier alpha value is -0.910. The molecule has 0 bridgehead atoms. The molecule has 5 rings (SSSR count). The molecule has 1 fully saturated rings. The van der Waals surface area contributed by atoms with Crippen LogP contribution in [0.2, 0.25) is 0 Å². The van der Waals surface area contributed by atoms with Crippen molar-refractivity contribution in [2.45, 2.75) is 10.7 Å². The van der Waals surface area contributed by atoms with Crippen LogP contribution >= 0.6 is 57.5 Å². The maximum atomic E-state index is 4.89. The van der Waals surface area contributed by atoms with Crippen molar-refractivity contribution >= 4 is 63.2 Å². The Morgan fingerprint density at radius 1 is 1.00 bits per heavy atom. The Morgan fingerprint density at radius 2 is 1.89 bits per heavy atom. The number of thioether (sulfide) groups is 2. The lowest BCUT2D eigenvalue weighted by Crippen LogP contribution is -2.17. The monoisotopic (exact) mass is 451 g/mol. The summed E-state index contributed by atoms with van der Waals surface area (Å²) in [7, 11) is 4.29. The van der Waals surface area contributed by atoms with Crippen LogP contribution in [0.4, 0.5) is 0 Å². The Balaban J connectivity index is 1.36. The Kier molecular flexibility index (Phi) is 5.03. The first kappa shape index (κ1) is 18.1. The van der Waals surface area contributed by atoms with E-state index in [9.17, 15) is 0 Å². The summed E-state index contributed by atoms with van der Waals surface area (Å²) in [5, 5.41) is 11.3. The van der Waals surface area contributed by atoms with Crippen LogP contribution in [0.15, 0.2) is 27.1 Å². The van der Waals surface area contributed by atoms with Crippen molar-refractivity contribution in [3.63, 3.8) is 0 Å². The molecule has 0 spiro atoms. The molecule has 27 heavy (non-hydrogen) atoms. The minimum Gasteiger partial charge on any atom is -0.354 e. The molecular weight excluding hydrogens is 435 g/mol. The number of rotatable bonds is 4. The van der Waals surface area contributed by atoms with Crippen molar-refractivity contribution in [3.8, 4) is 10.7 Å². The lowest BCUT2D eigenvalue weighted by Gasteiger charge is -2.21. The number of hydrogen-bond donors (Lipinski definition) is 0. The summed E-state index contributed by atoms with van der Waals surface area (Å²) in [6.45, 7) is 1.13. The third-order valence-electron chi connectivity index (χ3n) is 4.58. The number of nitrogens with zero attached hydrogens (tertiary/aromatic N) is 5. The van der Waals surface area contributed by atoms with Crippen molar-refractivity contribution < 1.29 is 0 Å². The maximum absolute atomic E-state index is 4.89. The van der Waals surface area contributed by atoms with Gasteiger partial charge in [0.25, 0.3) is 0 Å². The van der Waals surface area contributed by atoms with Gasteiger partial charge in [-0.25, -0.2) is 15.0 Å². The van der Waals surface area contributed by atoms with Gasteiger partial charge in [-0.2, -0.15) is 0 Å². The van der Waals surface area contributed by atoms with Gasteiger partial charge in [-0.15, -0.1) is 57.5 Å². The van der Waals surface area contributed by atoms with Crippen LogP contribution in [0.3, 0.4) is 0 Å². The second-order valence-electron chi connectivity index (χ2n) is 6.33. The number of aromatic nitrogens is 3. The highest BCUT2D eigenvalue weighted by molar-refractivity contribution is 8.02. The third-order valence-corrected chi connectivity index (χ3v) is 9.44. The summed E-state index contributed by atoms with van der Waals surface area (Å²) in [4.78, 5) is 18.9. The molecule has 2 aliphatic heterocycles. The van der Waals surface area contributed by atoms with Crippen molar-refractivity contribution in [1.82, 2.24) is 24.8 Å². The fourth-order valence-electron chi connectivity index (χ4n) is 3.11. The van der Waals surface area contributed by atoms with Gasteiger partial charge >= 0.3 is 0 Å². The minimum atomic E-state index is 0.236. The largest absolute Gasteiger partial charge is 0.354 e. The van der Waals surface area contributed by atoms with Crippen LogP contribution in [-0.2, 0) is 0 Å². The van der Waals surface area contributed by atoms with Gasteiger partial charge in [0.1, 0.15) is 21.1 Å². The van der Waals surface area contributed by atoms with Crippen LogP contribution < -0.4 is 0 Å². The second kappa shape index (κ2) is 7.49. The van der Waals surface area contributed by atoms with E-state index in [1.165, 1.54) is 5.75 Å². The molecule has 0 N–H and O–H groups in total. The van der Waals surface area contributed by atoms with Gasteiger partial charge in [0.05, 0.1) is 28.0 Å². The highest BCUT2D eigenvalue weighted by Crippen LogP contribution is 2.46. The normalized spacial score (nSPS) is 23.3. The zero-order valence-corrected chi connectivity index (χ0v) is 18.8. The fourth-order valence-corrected chi connectivity index (χ4v) is 8.04. The summed E-state index contributed by atoms with van der Waals surface area (Å²) < 4.78 is 0. The fraction of sp³-hybridized carbons (Fsp3) is 0.353. The lowest BCUT2D eigenvalue weighted by molar-refractivity contribution is 0.355. The van der Waals surface area contributed by atoms with Gasteiger partial charge in [0, 0.05) is 35.5 Å². The van der Waals surface area contributed by atoms with Crippen molar-refractivity contribution in [3.05, 3.63) is 43.5 Å². The smallest absolute Gasteiger partial charge is 0.143 e. The zero-order valence-electron chi connectivity index (χ0n) is 14.7. The molecule has 5 nitrogen and oxygen atoms in total. The first-order valence-electron chi connectivity index (χ1n) is 8.41. The Morgan fingerprint density at radius 3 is 2.67 bits per heavy atom. The third kappa shape index (κ3) is 3.36. The molecule has 2 aliphatic rings. The lowest BCUT2D eigenvalue weighted by atomic mass is 10.4. The van der Waals surface area contributed by atoms with Gasteiger partial charge in [-0.1, -0.05) is 0 Å². The molecule has 0 saturated carbocycles. The van der Waals surface area contributed by atoms with E-state index in [1.54, 1.807) is 45.8 Å². The average molecular weight is 452 g/mol. The summed E-state index contributed by atoms with van der Waals surface area (Å²) >= 11 is 8.78. The number of thiazole rings is 3. The van der Waals surface area contributed by atoms with Crippen LogP contribution in [-0.4, -0.2) is 51.1 Å². The van der Waals surface area contributed by atoms with Crippen LogP contribution in [0, 0.1) is 0 Å². The molecule has 10 heteroatoms. The zero-order chi connectivity index (χ0) is 18.4. The summed E-state index contributed by atoms with van der Waals surface area (Å²) in [6.07, 6.45) is 0. The van der Waals surface area contributed by atoms with Gasteiger partial charge in [-0.3, -0.25) is 4.90 Å².